The van der Waals surface area contributed by atoms with Crippen molar-refractivity contribution in [3.63, 3.8) is 0 Å². The van der Waals surface area contributed by atoms with E-state index in [4.69, 9.17) is 9.26 Å². The maximum absolute atomic E-state index is 6.46. The summed E-state index contributed by atoms with van der Waals surface area (Å²) in [7, 11) is 0. The van der Waals surface area contributed by atoms with Crippen LogP contribution in [0.15, 0.2) is 102 Å². The molecule has 0 saturated carbocycles. The largest absolute Gasteiger partial charge is 0.372 e. The van der Waals surface area contributed by atoms with E-state index in [0.29, 0.717) is 30.7 Å². The Morgan fingerprint density at radius 2 is 1.61 bits per heavy atom. The summed E-state index contributed by atoms with van der Waals surface area (Å²) in [5.74, 6) is 1.62. The lowest BCUT2D eigenvalue weighted by atomic mass is 9.87. The van der Waals surface area contributed by atoms with E-state index in [9.17, 15) is 0 Å². The van der Waals surface area contributed by atoms with Crippen molar-refractivity contribution in [1.29, 1.82) is 0 Å². The fourth-order valence-corrected chi connectivity index (χ4v) is 5.01. The molecule has 0 radical (unpaired) electrons. The van der Waals surface area contributed by atoms with Crippen LogP contribution < -0.4 is 5.32 Å². The number of nitrogens with one attached hydrogen (secondary N) is 1. The Balaban J connectivity index is 1.11. The summed E-state index contributed by atoms with van der Waals surface area (Å²) in [5, 5.41) is 10.2. The lowest BCUT2D eigenvalue weighted by Crippen LogP contribution is -2.40. The van der Waals surface area contributed by atoms with Crippen LogP contribution in [0.25, 0.3) is 22.2 Å². The Hall–Kier alpha value is -3.80. The maximum atomic E-state index is 6.46. The Kier molecular flexibility index (Phi) is 6.57. The molecule has 180 valence electrons. The van der Waals surface area contributed by atoms with Gasteiger partial charge in [0.05, 0.1) is 19.1 Å². The summed E-state index contributed by atoms with van der Waals surface area (Å²) in [4.78, 5) is 4.57. The monoisotopic (exact) mass is 475 g/mol. The number of nitrogens with zero attached hydrogens (tertiary/aromatic N) is 2. The smallest absolute Gasteiger partial charge is 0.231 e. The molecule has 4 aromatic carbocycles. The maximum Gasteiger partial charge on any atom is 0.231 e. The second-order valence-corrected chi connectivity index (χ2v) is 9.43. The molecule has 2 heterocycles. The van der Waals surface area contributed by atoms with Crippen LogP contribution in [0, 0.1) is 0 Å². The molecule has 1 N–H and O–H groups in total. The van der Waals surface area contributed by atoms with Crippen LogP contribution in [0.3, 0.4) is 0 Å². The topological polar surface area (TPSA) is 60.2 Å². The van der Waals surface area contributed by atoms with Crippen LogP contribution in [0.5, 0.6) is 0 Å². The van der Waals surface area contributed by atoms with Crippen molar-refractivity contribution in [2.24, 2.45) is 0 Å². The van der Waals surface area contributed by atoms with E-state index in [1.807, 2.05) is 30.3 Å². The molecule has 5 nitrogen and oxygen atoms in total. The molecule has 5 heteroatoms. The Labute approximate surface area is 211 Å². The Morgan fingerprint density at radius 1 is 0.833 bits per heavy atom. The van der Waals surface area contributed by atoms with E-state index in [-0.39, 0.29) is 6.10 Å². The van der Waals surface area contributed by atoms with Gasteiger partial charge in [-0.05, 0) is 46.5 Å². The van der Waals surface area contributed by atoms with Gasteiger partial charge in [0.2, 0.25) is 11.7 Å². The molecule has 2 atom stereocenters. The molecule has 1 aromatic heterocycles. The normalized spacial score (nSPS) is 17.9. The van der Waals surface area contributed by atoms with Gasteiger partial charge < -0.3 is 14.6 Å². The predicted octanol–water partition coefficient (Wildman–Crippen LogP) is 6.14. The Morgan fingerprint density at radius 3 is 2.47 bits per heavy atom. The summed E-state index contributed by atoms with van der Waals surface area (Å²) in [6, 6.07) is 33.7. The number of rotatable bonds is 7. The van der Waals surface area contributed by atoms with Crippen molar-refractivity contribution < 1.29 is 9.26 Å². The number of aromatic nitrogens is 2. The molecule has 36 heavy (non-hydrogen) atoms. The number of fused-ring (bicyclic) bond motifs is 1. The van der Waals surface area contributed by atoms with E-state index >= 15 is 0 Å². The van der Waals surface area contributed by atoms with Gasteiger partial charge in [-0.2, -0.15) is 4.98 Å². The van der Waals surface area contributed by atoms with Gasteiger partial charge in [-0.15, -0.1) is 0 Å². The highest BCUT2D eigenvalue weighted by Crippen LogP contribution is 2.29. The third kappa shape index (κ3) is 5.08. The fraction of sp³-hybridized carbons (Fsp3) is 0.226. The van der Waals surface area contributed by atoms with Crippen LogP contribution in [0.2, 0.25) is 0 Å². The van der Waals surface area contributed by atoms with Crippen LogP contribution >= 0.6 is 0 Å². The van der Waals surface area contributed by atoms with E-state index in [0.717, 1.165) is 30.6 Å². The lowest BCUT2D eigenvalue weighted by molar-refractivity contribution is 0.0106. The minimum atomic E-state index is 0.139. The van der Waals surface area contributed by atoms with Crippen LogP contribution in [0.4, 0.5) is 0 Å². The number of hydrogen-bond donors (Lipinski definition) is 1. The predicted molar refractivity (Wildman–Crippen MR) is 142 cm³/mol. The highest BCUT2D eigenvalue weighted by Gasteiger charge is 2.27. The van der Waals surface area contributed by atoms with Crippen LogP contribution in [-0.2, 0) is 17.8 Å². The average Bonchev–Trinajstić information content (AvgIpc) is 3.41. The molecule has 6 rings (SSSR count). The molecule has 1 saturated heterocycles. The lowest BCUT2D eigenvalue weighted by Gasteiger charge is -2.32. The van der Waals surface area contributed by atoms with Gasteiger partial charge >= 0.3 is 0 Å². The van der Waals surface area contributed by atoms with E-state index in [2.05, 4.69) is 82.2 Å². The standard InChI is InChI=1S/C31H29N3O2/c1-2-7-26(8-3-1)31-33-30(36-34-31)19-22-10-14-25(15-11-22)28-16-17-32-20-29(28)35-21-23-12-13-24-6-4-5-9-27(24)18-23/h1-15,18,28-29,32H,16-17,19-21H2. The minimum absolute atomic E-state index is 0.139. The summed E-state index contributed by atoms with van der Waals surface area (Å²) < 4.78 is 12.0. The highest BCUT2D eigenvalue weighted by atomic mass is 16.5. The van der Waals surface area contributed by atoms with Crippen LogP contribution in [0.1, 0.15) is 34.9 Å². The summed E-state index contributed by atoms with van der Waals surface area (Å²) in [6.45, 7) is 2.49. The molecule has 0 amide bonds. The summed E-state index contributed by atoms with van der Waals surface area (Å²) in [5.41, 5.74) is 4.65. The zero-order valence-corrected chi connectivity index (χ0v) is 20.1. The highest BCUT2D eigenvalue weighted by molar-refractivity contribution is 5.82. The molecule has 0 bridgehead atoms. The summed E-state index contributed by atoms with van der Waals surface area (Å²) in [6.07, 6.45) is 1.82. The SMILES string of the molecule is c1ccc(-c2noc(Cc3ccc(C4CCNCC4OCc4ccc5ccccc5c4)cc3)n2)cc1. The zero-order valence-electron chi connectivity index (χ0n) is 20.1. The molecule has 2 unspecified atom stereocenters. The van der Waals surface area contributed by atoms with Crippen molar-refractivity contribution in [2.45, 2.75) is 31.5 Å². The number of benzene rings is 4. The van der Waals surface area contributed by atoms with E-state index in [1.165, 1.54) is 21.9 Å². The second-order valence-electron chi connectivity index (χ2n) is 9.43. The summed E-state index contributed by atoms with van der Waals surface area (Å²) >= 11 is 0. The number of ether oxygens (including phenoxy) is 1. The van der Waals surface area contributed by atoms with Crippen molar-refractivity contribution >= 4 is 10.8 Å². The first kappa shape index (κ1) is 22.7. The van der Waals surface area contributed by atoms with E-state index < -0.39 is 0 Å². The fourth-order valence-electron chi connectivity index (χ4n) is 5.01. The van der Waals surface area contributed by atoms with Gasteiger partial charge in [0.15, 0.2) is 0 Å². The quantitative estimate of drug-likeness (QED) is 0.306. The second kappa shape index (κ2) is 10.4. The Bertz CT molecular complexity index is 1430. The van der Waals surface area contributed by atoms with Gasteiger partial charge in [-0.3, -0.25) is 0 Å². The molecule has 1 aliphatic rings. The molecule has 0 spiro atoms. The van der Waals surface area contributed by atoms with E-state index in [1.54, 1.807) is 0 Å². The van der Waals surface area contributed by atoms with Crippen LogP contribution in [-0.4, -0.2) is 29.3 Å². The molecule has 5 aromatic rings. The number of piperidine rings is 1. The van der Waals surface area contributed by atoms with Gasteiger partial charge in [0.25, 0.3) is 0 Å². The van der Waals surface area contributed by atoms with Gasteiger partial charge in [-0.25, -0.2) is 0 Å². The van der Waals surface area contributed by atoms with Gasteiger partial charge in [0, 0.05) is 18.0 Å². The zero-order chi connectivity index (χ0) is 24.2. The van der Waals surface area contributed by atoms with Crippen molar-refractivity contribution in [3.05, 3.63) is 120 Å². The third-order valence-electron chi connectivity index (χ3n) is 6.97. The first-order valence-corrected chi connectivity index (χ1v) is 12.6. The van der Waals surface area contributed by atoms with Crippen molar-refractivity contribution in [1.82, 2.24) is 15.5 Å². The average molecular weight is 476 g/mol. The molecule has 1 fully saturated rings. The molecule has 1 aliphatic heterocycles. The number of hydrogen-bond acceptors (Lipinski definition) is 5. The first-order valence-electron chi connectivity index (χ1n) is 12.6. The first-order chi connectivity index (χ1) is 17.8. The van der Waals surface area contributed by atoms with Crippen molar-refractivity contribution in [3.8, 4) is 11.4 Å². The molecule has 0 aliphatic carbocycles. The minimum Gasteiger partial charge on any atom is -0.372 e. The van der Waals surface area contributed by atoms with Gasteiger partial charge in [0.1, 0.15) is 0 Å². The third-order valence-corrected chi connectivity index (χ3v) is 6.97. The molecular weight excluding hydrogens is 446 g/mol. The van der Waals surface area contributed by atoms with Crippen molar-refractivity contribution in [2.75, 3.05) is 13.1 Å². The van der Waals surface area contributed by atoms with Gasteiger partial charge in [-0.1, -0.05) is 96.2 Å². The molecular formula is C31H29N3O2.